The summed E-state index contributed by atoms with van der Waals surface area (Å²) >= 11 is 5.94. The second kappa shape index (κ2) is 5.56. The van der Waals surface area contributed by atoms with Crippen LogP contribution in [0.25, 0.3) is 0 Å². The lowest BCUT2D eigenvalue weighted by Crippen LogP contribution is -2.16. The highest BCUT2D eigenvalue weighted by molar-refractivity contribution is 6.33. The van der Waals surface area contributed by atoms with Crippen LogP contribution in [0, 0.1) is 0 Å². The van der Waals surface area contributed by atoms with Gasteiger partial charge in [-0.1, -0.05) is 16.8 Å². The average Bonchev–Trinajstić information content (AvgIpc) is 3.11. The highest BCUT2D eigenvalue weighted by Gasteiger charge is 2.24. The summed E-state index contributed by atoms with van der Waals surface area (Å²) in [5.41, 5.74) is 0.407. The molecule has 3 rings (SSSR count). The van der Waals surface area contributed by atoms with E-state index in [1.807, 2.05) is 0 Å². The van der Waals surface area contributed by atoms with Gasteiger partial charge in [-0.2, -0.15) is 4.98 Å². The number of halogens is 1. The number of hydrogen-bond acceptors (Lipinski definition) is 6. The fraction of sp³-hybridized carbons (Fsp3) is 0.333. The predicted octanol–water partition coefficient (Wildman–Crippen LogP) is 1.79. The van der Waals surface area contributed by atoms with E-state index in [1.54, 1.807) is 6.07 Å². The maximum Gasteiger partial charge on any atom is 0.297 e. The first-order valence-electron chi connectivity index (χ1n) is 6.22. The largest absolute Gasteiger partial charge is 0.337 e. The maximum atomic E-state index is 12.0. The van der Waals surface area contributed by atoms with Gasteiger partial charge in [0.05, 0.1) is 22.9 Å². The fourth-order valence-corrected chi connectivity index (χ4v) is 2.16. The molecule has 2 aromatic heterocycles. The third-order valence-corrected chi connectivity index (χ3v) is 3.35. The van der Waals surface area contributed by atoms with Crippen LogP contribution in [0.2, 0.25) is 5.02 Å². The zero-order valence-corrected chi connectivity index (χ0v) is 11.2. The van der Waals surface area contributed by atoms with Gasteiger partial charge >= 0.3 is 0 Å². The lowest BCUT2D eigenvalue weighted by Gasteiger charge is -2.03. The van der Waals surface area contributed by atoms with Crippen LogP contribution in [0.4, 0.5) is 5.69 Å². The molecule has 3 heterocycles. The quantitative estimate of drug-likeness (QED) is 0.896. The van der Waals surface area contributed by atoms with Crippen LogP contribution in [0.5, 0.6) is 0 Å². The smallest absolute Gasteiger partial charge is 0.297 e. The summed E-state index contributed by atoms with van der Waals surface area (Å²) < 4.78 is 5.10. The van der Waals surface area contributed by atoms with Gasteiger partial charge in [0.15, 0.2) is 0 Å². The van der Waals surface area contributed by atoms with E-state index < -0.39 is 5.91 Å². The Morgan fingerprint density at radius 2 is 2.45 bits per heavy atom. The van der Waals surface area contributed by atoms with Gasteiger partial charge in [-0.25, -0.2) is 0 Å². The molecule has 1 unspecified atom stereocenters. The maximum absolute atomic E-state index is 12.0. The van der Waals surface area contributed by atoms with E-state index in [2.05, 4.69) is 25.8 Å². The van der Waals surface area contributed by atoms with Gasteiger partial charge in [-0.15, -0.1) is 0 Å². The fourth-order valence-electron chi connectivity index (χ4n) is 2.01. The molecule has 0 saturated carbocycles. The first-order chi connectivity index (χ1) is 9.74. The van der Waals surface area contributed by atoms with E-state index in [1.165, 1.54) is 12.4 Å². The summed E-state index contributed by atoms with van der Waals surface area (Å²) in [7, 11) is 0. The third-order valence-electron chi connectivity index (χ3n) is 3.02. The Kier molecular flexibility index (Phi) is 3.62. The predicted molar refractivity (Wildman–Crippen MR) is 71.5 cm³/mol. The number of pyridine rings is 1. The van der Waals surface area contributed by atoms with Crippen molar-refractivity contribution in [2.45, 2.75) is 18.9 Å². The van der Waals surface area contributed by atoms with Crippen LogP contribution < -0.4 is 10.6 Å². The number of nitrogens with zero attached hydrogens (tertiary/aromatic N) is 3. The van der Waals surface area contributed by atoms with Crippen molar-refractivity contribution in [1.29, 1.82) is 0 Å². The van der Waals surface area contributed by atoms with Crippen molar-refractivity contribution in [2.75, 3.05) is 11.9 Å². The number of carbonyl (C=O) groups excluding carboxylic acids is 1. The summed E-state index contributed by atoms with van der Waals surface area (Å²) in [6.45, 7) is 0.917. The number of aromatic nitrogens is 3. The lowest BCUT2D eigenvalue weighted by atomic mass is 10.2. The van der Waals surface area contributed by atoms with Crippen LogP contribution in [0.15, 0.2) is 23.0 Å². The van der Waals surface area contributed by atoms with E-state index in [0.717, 1.165) is 19.4 Å². The molecule has 8 heteroatoms. The molecule has 0 radical (unpaired) electrons. The molecule has 0 spiro atoms. The van der Waals surface area contributed by atoms with Gasteiger partial charge in [0.2, 0.25) is 5.89 Å². The van der Waals surface area contributed by atoms with E-state index in [9.17, 15) is 4.79 Å². The highest BCUT2D eigenvalue weighted by Crippen LogP contribution is 2.22. The molecule has 2 aromatic rings. The van der Waals surface area contributed by atoms with Crippen LogP contribution in [-0.4, -0.2) is 27.6 Å². The number of nitrogens with one attached hydrogen (secondary N) is 2. The zero-order chi connectivity index (χ0) is 13.9. The molecular weight excluding hydrogens is 282 g/mol. The Morgan fingerprint density at radius 3 is 3.20 bits per heavy atom. The minimum Gasteiger partial charge on any atom is -0.337 e. The Morgan fingerprint density at radius 1 is 1.55 bits per heavy atom. The summed E-state index contributed by atoms with van der Waals surface area (Å²) in [4.78, 5) is 20.0. The normalized spacial score (nSPS) is 18.1. The number of rotatable bonds is 3. The third kappa shape index (κ3) is 2.63. The van der Waals surface area contributed by atoms with E-state index >= 15 is 0 Å². The van der Waals surface area contributed by atoms with Crippen LogP contribution >= 0.6 is 11.6 Å². The second-order valence-corrected chi connectivity index (χ2v) is 4.82. The highest BCUT2D eigenvalue weighted by atomic mass is 35.5. The number of carbonyl (C=O) groups is 1. The van der Waals surface area contributed by atoms with Gasteiger partial charge in [-0.05, 0) is 25.5 Å². The zero-order valence-electron chi connectivity index (χ0n) is 10.5. The molecule has 1 amide bonds. The van der Waals surface area contributed by atoms with Crippen molar-refractivity contribution >= 4 is 23.2 Å². The number of hydrogen-bond donors (Lipinski definition) is 2. The minimum atomic E-state index is -0.479. The first kappa shape index (κ1) is 13.0. The van der Waals surface area contributed by atoms with Crippen molar-refractivity contribution in [3.8, 4) is 0 Å². The SMILES string of the molecule is O=C(Nc1cnccc1Cl)c1noc(C2CCCN2)n1. The molecule has 1 fully saturated rings. The van der Waals surface area contributed by atoms with Gasteiger partial charge in [0.1, 0.15) is 0 Å². The van der Waals surface area contributed by atoms with Gasteiger partial charge in [0, 0.05) is 6.20 Å². The van der Waals surface area contributed by atoms with Crippen LogP contribution in [0.1, 0.15) is 35.4 Å². The van der Waals surface area contributed by atoms with Crippen molar-refractivity contribution < 1.29 is 9.32 Å². The topological polar surface area (TPSA) is 92.9 Å². The van der Waals surface area contributed by atoms with Crippen molar-refractivity contribution in [2.24, 2.45) is 0 Å². The number of amides is 1. The minimum absolute atomic E-state index is 0.0198. The standard InChI is InChI=1S/C12H12ClN5O2/c13-7-3-5-14-6-9(7)16-11(19)10-17-12(20-18-10)8-2-1-4-15-8/h3,5-6,8,15H,1-2,4H2,(H,16,19). The molecule has 1 atom stereocenters. The summed E-state index contributed by atoms with van der Waals surface area (Å²) in [5, 5.41) is 9.90. The van der Waals surface area contributed by atoms with E-state index in [0.29, 0.717) is 16.6 Å². The molecule has 7 nitrogen and oxygen atoms in total. The number of anilines is 1. The lowest BCUT2D eigenvalue weighted by molar-refractivity contribution is 0.101. The molecule has 0 bridgehead atoms. The molecule has 2 N–H and O–H groups in total. The Labute approximate surface area is 119 Å². The van der Waals surface area contributed by atoms with Crippen LogP contribution in [-0.2, 0) is 0 Å². The summed E-state index contributed by atoms with van der Waals surface area (Å²) in [6, 6.07) is 1.62. The Balaban J connectivity index is 1.73. The monoisotopic (exact) mass is 293 g/mol. The first-order valence-corrected chi connectivity index (χ1v) is 6.59. The summed E-state index contributed by atoms with van der Waals surface area (Å²) in [6.07, 6.45) is 4.98. The molecule has 104 valence electrons. The van der Waals surface area contributed by atoms with Gasteiger partial charge in [0.25, 0.3) is 11.7 Å². The Hall–Kier alpha value is -1.99. The summed E-state index contributed by atoms with van der Waals surface area (Å²) in [5.74, 6) is -0.0635. The molecule has 1 aliphatic heterocycles. The van der Waals surface area contributed by atoms with E-state index in [4.69, 9.17) is 16.1 Å². The van der Waals surface area contributed by atoms with Crippen molar-refractivity contribution in [1.82, 2.24) is 20.4 Å². The van der Waals surface area contributed by atoms with Crippen molar-refractivity contribution in [3.63, 3.8) is 0 Å². The van der Waals surface area contributed by atoms with Crippen molar-refractivity contribution in [3.05, 3.63) is 35.2 Å². The van der Waals surface area contributed by atoms with Crippen LogP contribution in [0.3, 0.4) is 0 Å². The van der Waals surface area contributed by atoms with Gasteiger partial charge in [-0.3, -0.25) is 9.78 Å². The Bertz CT molecular complexity index is 624. The molecule has 1 saturated heterocycles. The molecule has 0 aromatic carbocycles. The average molecular weight is 294 g/mol. The van der Waals surface area contributed by atoms with Gasteiger partial charge < -0.3 is 15.2 Å². The second-order valence-electron chi connectivity index (χ2n) is 4.41. The molecular formula is C12H12ClN5O2. The molecule has 20 heavy (non-hydrogen) atoms. The van der Waals surface area contributed by atoms with E-state index in [-0.39, 0.29) is 11.9 Å². The molecule has 1 aliphatic rings. The molecule has 0 aliphatic carbocycles.